The fourth-order valence-corrected chi connectivity index (χ4v) is 1.56. The highest BCUT2D eigenvalue weighted by Crippen LogP contribution is 2.26. The third-order valence-electron chi connectivity index (χ3n) is 2.42. The highest BCUT2D eigenvalue weighted by Gasteiger charge is 2.31. The highest BCUT2D eigenvalue weighted by atomic mass is 16.5. The van der Waals surface area contributed by atoms with Gasteiger partial charge in [0.05, 0.1) is 19.6 Å². The quantitative estimate of drug-likeness (QED) is 0.555. The molecule has 1 N–H and O–H groups in total. The van der Waals surface area contributed by atoms with Gasteiger partial charge in [0, 0.05) is 0 Å². The van der Waals surface area contributed by atoms with Crippen LogP contribution >= 0.6 is 0 Å². The Morgan fingerprint density at radius 3 is 3.00 bits per heavy atom. The molecule has 0 bridgehead atoms. The number of hydrogen-bond donors (Lipinski definition) is 1. The average molecular weight is 212 g/mol. The normalized spacial score (nSPS) is 31.1. The number of carbonyl (C=O) groups excluding carboxylic acids is 1. The molecule has 0 aliphatic carbocycles. The van der Waals surface area contributed by atoms with Crippen molar-refractivity contribution in [3.05, 3.63) is 24.8 Å². The first-order valence-electron chi connectivity index (χ1n) is 4.79. The van der Waals surface area contributed by atoms with E-state index in [4.69, 9.17) is 4.74 Å². The van der Waals surface area contributed by atoms with Crippen LogP contribution in [0.3, 0.4) is 0 Å². The zero-order chi connectivity index (χ0) is 11.4. The fraction of sp³-hybridized carbons (Fsp3) is 0.545. The van der Waals surface area contributed by atoms with Crippen molar-refractivity contribution < 1.29 is 19.4 Å². The van der Waals surface area contributed by atoms with Crippen LogP contribution in [-0.4, -0.2) is 36.5 Å². The van der Waals surface area contributed by atoms with Crippen LogP contribution in [0.5, 0.6) is 0 Å². The van der Waals surface area contributed by atoms with Crippen LogP contribution in [0.25, 0.3) is 0 Å². The molecule has 0 spiro atoms. The van der Waals surface area contributed by atoms with Gasteiger partial charge in [0.1, 0.15) is 12.2 Å². The minimum absolute atomic E-state index is 0.173. The minimum atomic E-state index is -0.726. The molecule has 0 amide bonds. The summed E-state index contributed by atoms with van der Waals surface area (Å²) in [5.74, 6) is -0.327. The molecule has 1 heterocycles. The molecule has 1 fully saturated rings. The van der Waals surface area contributed by atoms with Crippen molar-refractivity contribution >= 4 is 5.97 Å². The van der Waals surface area contributed by atoms with Gasteiger partial charge in [-0.3, -0.25) is 4.79 Å². The van der Waals surface area contributed by atoms with Crippen molar-refractivity contribution in [3.63, 3.8) is 0 Å². The van der Waals surface area contributed by atoms with E-state index in [1.54, 1.807) is 0 Å². The Hall–Kier alpha value is -1.13. The smallest absolute Gasteiger partial charge is 0.308 e. The van der Waals surface area contributed by atoms with Crippen LogP contribution in [-0.2, 0) is 14.3 Å². The maximum atomic E-state index is 11.0. The Kier molecular flexibility index (Phi) is 4.05. The summed E-state index contributed by atoms with van der Waals surface area (Å²) in [7, 11) is 1.33. The van der Waals surface area contributed by atoms with E-state index in [0.717, 1.165) is 0 Å². The standard InChI is InChI=1S/C11H16O4/c1-4-9-11(13)7(2)5-8(15-9)6-10(12)14-3/h4,8-9,11,13H,1-2,5-6H2,3H3/t8-,9+,11-/m0/s1. The van der Waals surface area contributed by atoms with Crippen molar-refractivity contribution in [2.24, 2.45) is 0 Å². The SMILES string of the molecule is C=C[C@H]1O[C@H](CC(=O)OC)CC(=C)[C@@H]1O. The van der Waals surface area contributed by atoms with Gasteiger partial charge in [-0.1, -0.05) is 12.7 Å². The molecule has 4 heteroatoms. The summed E-state index contributed by atoms with van der Waals surface area (Å²) in [5.41, 5.74) is 0.667. The molecule has 1 saturated heterocycles. The number of ether oxygens (including phenoxy) is 2. The van der Waals surface area contributed by atoms with Gasteiger partial charge in [0.25, 0.3) is 0 Å². The Morgan fingerprint density at radius 2 is 2.47 bits per heavy atom. The average Bonchev–Trinajstić information content (AvgIpc) is 2.22. The lowest BCUT2D eigenvalue weighted by Crippen LogP contribution is -2.39. The molecule has 0 aromatic rings. The molecule has 0 aromatic heterocycles. The first-order valence-corrected chi connectivity index (χ1v) is 4.79. The topological polar surface area (TPSA) is 55.8 Å². The molecule has 15 heavy (non-hydrogen) atoms. The second-order valence-electron chi connectivity index (χ2n) is 3.55. The lowest BCUT2D eigenvalue weighted by atomic mass is 9.95. The Balaban J connectivity index is 2.59. The maximum absolute atomic E-state index is 11.0. The van der Waals surface area contributed by atoms with E-state index in [1.807, 2.05) is 0 Å². The van der Waals surface area contributed by atoms with Crippen LogP contribution in [0.15, 0.2) is 24.8 Å². The molecule has 1 aliphatic rings. The Bertz CT molecular complexity index is 270. The number of aliphatic hydroxyl groups is 1. The number of esters is 1. The van der Waals surface area contributed by atoms with Crippen molar-refractivity contribution in [2.45, 2.75) is 31.2 Å². The van der Waals surface area contributed by atoms with E-state index >= 15 is 0 Å². The first-order chi connectivity index (χ1) is 7.08. The molecule has 0 saturated carbocycles. The third kappa shape index (κ3) is 2.91. The molecule has 0 aromatic carbocycles. The van der Waals surface area contributed by atoms with Crippen molar-refractivity contribution in [2.75, 3.05) is 7.11 Å². The molecular formula is C11H16O4. The Labute approximate surface area is 89.2 Å². The second-order valence-corrected chi connectivity index (χ2v) is 3.55. The highest BCUT2D eigenvalue weighted by molar-refractivity contribution is 5.69. The monoisotopic (exact) mass is 212 g/mol. The fourth-order valence-electron chi connectivity index (χ4n) is 1.56. The second kappa shape index (κ2) is 5.09. The van der Waals surface area contributed by atoms with Gasteiger partial charge in [0.15, 0.2) is 0 Å². The predicted molar refractivity (Wildman–Crippen MR) is 55.3 cm³/mol. The van der Waals surface area contributed by atoms with Gasteiger partial charge in [-0.25, -0.2) is 0 Å². The van der Waals surface area contributed by atoms with E-state index in [9.17, 15) is 9.90 Å². The summed E-state index contributed by atoms with van der Waals surface area (Å²) in [5, 5.41) is 9.63. The molecule has 4 nitrogen and oxygen atoms in total. The number of aliphatic hydroxyl groups excluding tert-OH is 1. The van der Waals surface area contributed by atoms with Gasteiger partial charge >= 0.3 is 5.97 Å². The van der Waals surface area contributed by atoms with Gasteiger partial charge in [0.2, 0.25) is 0 Å². The molecule has 1 aliphatic heterocycles. The molecule has 1 rings (SSSR count). The van der Waals surface area contributed by atoms with E-state index in [1.165, 1.54) is 13.2 Å². The van der Waals surface area contributed by atoms with E-state index < -0.39 is 12.2 Å². The van der Waals surface area contributed by atoms with Crippen molar-refractivity contribution in [3.8, 4) is 0 Å². The van der Waals surface area contributed by atoms with Crippen molar-refractivity contribution in [1.29, 1.82) is 0 Å². The van der Waals surface area contributed by atoms with Gasteiger partial charge < -0.3 is 14.6 Å². The molecule has 3 atom stereocenters. The molecule has 0 radical (unpaired) electrons. The van der Waals surface area contributed by atoms with E-state index in [2.05, 4.69) is 17.9 Å². The summed E-state index contributed by atoms with van der Waals surface area (Å²) in [6.07, 6.45) is 0.667. The lowest BCUT2D eigenvalue weighted by Gasteiger charge is -2.33. The van der Waals surface area contributed by atoms with Gasteiger partial charge in [-0.05, 0) is 12.0 Å². The largest absolute Gasteiger partial charge is 0.469 e. The van der Waals surface area contributed by atoms with E-state index in [0.29, 0.717) is 12.0 Å². The summed E-state index contributed by atoms with van der Waals surface area (Å²) >= 11 is 0. The predicted octanol–water partition coefficient (Wildman–Crippen LogP) is 0.810. The minimum Gasteiger partial charge on any atom is -0.469 e. The Morgan fingerprint density at radius 1 is 1.80 bits per heavy atom. The molecule has 0 unspecified atom stereocenters. The summed E-state index contributed by atoms with van der Waals surface area (Å²) in [4.78, 5) is 11.0. The maximum Gasteiger partial charge on any atom is 0.308 e. The number of hydrogen-bond acceptors (Lipinski definition) is 4. The summed E-state index contributed by atoms with van der Waals surface area (Å²) < 4.78 is 10.0. The summed E-state index contributed by atoms with van der Waals surface area (Å²) in [6, 6.07) is 0. The molecule has 84 valence electrons. The summed E-state index contributed by atoms with van der Waals surface area (Å²) in [6.45, 7) is 7.31. The zero-order valence-electron chi connectivity index (χ0n) is 8.81. The van der Waals surface area contributed by atoms with Crippen LogP contribution in [0.1, 0.15) is 12.8 Å². The zero-order valence-corrected chi connectivity index (χ0v) is 8.81. The first kappa shape index (κ1) is 11.9. The van der Waals surface area contributed by atoms with Crippen LogP contribution < -0.4 is 0 Å². The van der Waals surface area contributed by atoms with Gasteiger partial charge in [-0.2, -0.15) is 0 Å². The van der Waals surface area contributed by atoms with Crippen LogP contribution in [0, 0.1) is 0 Å². The van der Waals surface area contributed by atoms with Crippen LogP contribution in [0.4, 0.5) is 0 Å². The van der Waals surface area contributed by atoms with E-state index in [-0.39, 0.29) is 18.5 Å². The number of methoxy groups -OCH3 is 1. The lowest BCUT2D eigenvalue weighted by molar-refractivity contribution is -0.147. The van der Waals surface area contributed by atoms with Crippen LogP contribution in [0.2, 0.25) is 0 Å². The van der Waals surface area contributed by atoms with Gasteiger partial charge in [-0.15, -0.1) is 6.58 Å². The number of rotatable bonds is 3. The van der Waals surface area contributed by atoms with Crippen molar-refractivity contribution in [1.82, 2.24) is 0 Å². The molecular weight excluding hydrogens is 196 g/mol. The third-order valence-corrected chi connectivity index (χ3v) is 2.42. The number of carbonyl (C=O) groups is 1.